The minimum atomic E-state index is 0.671. The quantitative estimate of drug-likeness (QED) is 0.831. The van der Waals surface area contributed by atoms with E-state index in [1.54, 1.807) is 26.0 Å². The van der Waals surface area contributed by atoms with Crippen molar-refractivity contribution in [3.63, 3.8) is 0 Å². The lowest BCUT2D eigenvalue weighted by Crippen LogP contribution is -1.96. The predicted molar refractivity (Wildman–Crippen MR) is 68.3 cm³/mol. The van der Waals surface area contributed by atoms with E-state index in [4.69, 9.17) is 14.2 Å². The zero-order chi connectivity index (χ0) is 13.1. The molecule has 0 unspecified atom stereocenters. The van der Waals surface area contributed by atoms with Crippen LogP contribution in [0.25, 0.3) is 11.3 Å². The summed E-state index contributed by atoms with van der Waals surface area (Å²) < 4.78 is 17.7. The van der Waals surface area contributed by atoms with Crippen LogP contribution in [0.5, 0.6) is 17.2 Å². The number of hydrogen-bond donors (Lipinski definition) is 0. The summed E-state index contributed by atoms with van der Waals surface area (Å²) in [5.74, 6) is 2.03. The SMILES string of the molecule is COc1cc(OC)c(-c2ccn(C)n2)c(OC)c1. The topological polar surface area (TPSA) is 45.5 Å². The Balaban J connectivity index is 2.63. The summed E-state index contributed by atoms with van der Waals surface area (Å²) in [4.78, 5) is 0. The van der Waals surface area contributed by atoms with Gasteiger partial charge in [-0.1, -0.05) is 0 Å². The van der Waals surface area contributed by atoms with Gasteiger partial charge in [0.25, 0.3) is 0 Å². The second-order valence-corrected chi connectivity index (χ2v) is 3.78. The monoisotopic (exact) mass is 248 g/mol. The molecular weight excluding hydrogens is 232 g/mol. The second kappa shape index (κ2) is 5.00. The fourth-order valence-corrected chi connectivity index (χ4v) is 1.81. The third kappa shape index (κ3) is 2.11. The zero-order valence-corrected chi connectivity index (χ0v) is 10.9. The fraction of sp³-hybridized carbons (Fsp3) is 0.308. The summed E-state index contributed by atoms with van der Waals surface area (Å²) in [6, 6.07) is 5.53. The van der Waals surface area contributed by atoms with Crippen LogP contribution in [0.15, 0.2) is 24.4 Å². The second-order valence-electron chi connectivity index (χ2n) is 3.78. The van der Waals surface area contributed by atoms with Gasteiger partial charge < -0.3 is 14.2 Å². The summed E-state index contributed by atoms with van der Waals surface area (Å²) in [6.45, 7) is 0. The smallest absolute Gasteiger partial charge is 0.135 e. The van der Waals surface area contributed by atoms with Crippen LogP contribution in [0.1, 0.15) is 0 Å². The van der Waals surface area contributed by atoms with Crippen molar-refractivity contribution < 1.29 is 14.2 Å². The molecule has 0 N–H and O–H groups in total. The Bertz CT molecular complexity index is 524. The molecule has 2 aromatic rings. The van der Waals surface area contributed by atoms with E-state index in [-0.39, 0.29) is 0 Å². The average Bonchev–Trinajstić information content (AvgIpc) is 2.83. The highest BCUT2D eigenvalue weighted by Gasteiger charge is 2.17. The molecule has 0 bridgehead atoms. The van der Waals surface area contributed by atoms with Crippen molar-refractivity contribution in [3.8, 4) is 28.5 Å². The van der Waals surface area contributed by atoms with Gasteiger partial charge >= 0.3 is 0 Å². The van der Waals surface area contributed by atoms with Crippen LogP contribution < -0.4 is 14.2 Å². The van der Waals surface area contributed by atoms with Crippen LogP contribution in [0.3, 0.4) is 0 Å². The van der Waals surface area contributed by atoms with Crippen LogP contribution in [0.4, 0.5) is 0 Å². The van der Waals surface area contributed by atoms with Gasteiger partial charge in [-0.3, -0.25) is 4.68 Å². The molecule has 18 heavy (non-hydrogen) atoms. The molecule has 96 valence electrons. The lowest BCUT2D eigenvalue weighted by atomic mass is 10.1. The maximum atomic E-state index is 5.38. The molecule has 1 aromatic heterocycles. The number of ether oxygens (including phenoxy) is 3. The normalized spacial score (nSPS) is 10.2. The van der Waals surface area contributed by atoms with Crippen LogP contribution >= 0.6 is 0 Å². The molecule has 0 saturated heterocycles. The average molecular weight is 248 g/mol. The molecular formula is C13H16N2O3. The molecule has 0 saturated carbocycles. The maximum absolute atomic E-state index is 5.38. The molecule has 5 nitrogen and oxygen atoms in total. The van der Waals surface area contributed by atoms with Crippen LogP contribution in [-0.4, -0.2) is 31.1 Å². The molecule has 0 atom stereocenters. The Kier molecular flexibility index (Phi) is 3.41. The predicted octanol–water partition coefficient (Wildman–Crippen LogP) is 2.11. The van der Waals surface area contributed by atoms with Crippen LogP contribution in [0, 0.1) is 0 Å². The third-order valence-corrected chi connectivity index (χ3v) is 2.68. The molecule has 5 heteroatoms. The molecule has 1 aromatic carbocycles. The Morgan fingerprint density at radius 2 is 1.61 bits per heavy atom. The van der Waals surface area contributed by atoms with E-state index in [0.29, 0.717) is 17.2 Å². The number of aromatic nitrogens is 2. The summed E-state index contributed by atoms with van der Waals surface area (Å²) in [7, 11) is 6.70. The van der Waals surface area contributed by atoms with Crippen LogP contribution in [-0.2, 0) is 7.05 Å². The number of nitrogens with zero attached hydrogens (tertiary/aromatic N) is 2. The fourth-order valence-electron chi connectivity index (χ4n) is 1.81. The molecule has 0 amide bonds. The van der Waals surface area contributed by atoms with Gasteiger partial charge in [-0.15, -0.1) is 0 Å². The van der Waals surface area contributed by atoms with Crippen molar-refractivity contribution in [2.45, 2.75) is 0 Å². The first-order valence-electron chi connectivity index (χ1n) is 5.49. The summed E-state index contributed by atoms with van der Waals surface area (Å²) in [6.07, 6.45) is 1.87. The van der Waals surface area contributed by atoms with E-state index in [2.05, 4.69) is 5.10 Å². The van der Waals surface area contributed by atoms with Gasteiger partial charge in [0.15, 0.2) is 0 Å². The van der Waals surface area contributed by atoms with Gasteiger partial charge in [-0.25, -0.2) is 0 Å². The Morgan fingerprint density at radius 3 is 2.00 bits per heavy atom. The van der Waals surface area contributed by atoms with Gasteiger partial charge in [-0.2, -0.15) is 5.10 Å². The standard InChI is InChI=1S/C13H16N2O3/c1-15-6-5-10(14-15)13-11(17-3)7-9(16-2)8-12(13)18-4/h5-8H,1-4H3. The van der Waals surface area contributed by atoms with E-state index in [9.17, 15) is 0 Å². The van der Waals surface area contributed by atoms with E-state index in [0.717, 1.165) is 11.3 Å². The number of hydrogen-bond acceptors (Lipinski definition) is 4. The molecule has 2 rings (SSSR count). The van der Waals surface area contributed by atoms with E-state index >= 15 is 0 Å². The zero-order valence-electron chi connectivity index (χ0n) is 10.9. The molecule has 0 aliphatic rings. The minimum absolute atomic E-state index is 0.671. The Hall–Kier alpha value is -2.17. The van der Waals surface area contributed by atoms with Crippen LogP contribution in [0.2, 0.25) is 0 Å². The van der Waals surface area contributed by atoms with E-state index in [1.165, 1.54) is 0 Å². The molecule has 0 aliphatic carbocycles. The highest BCUT2D eigenvalue weighted by molar-refractivity contribution is 5.75. The van der Waals surface area contributed by atoms with Crippen molar-refractivity contribution in [2.75, 3.05) is 21.3 Å². The number of aryl methyl sites for hydroxylation is 1. The van der Waals surface area contributed by atoms with Gasteiger partial charge in [0.05, 0.1) is 32.6 Å². The van der Waals surface area contributed by atoms with Crippen molar-refractivity contribution in [3.05, 3.63) is 24.4 Å². The Morgan fingerprint density at radius 1 is 1.00 bits per heavy atom. The lowest BCUT2D eigenvalue weighted by molar-refractivity contribution is 0.377. The molecule has 0 aliphatic heterocycles. The molecule has 0 fully saturated rings. The molecule has 0 radical (unpaired) electrons. The van der Waals surface area contributed by atoms with Gasteiger partial charge in [0.2, 0.25) is 0 Å². The Labute approximate surface area is 106 Å². The molecule has 0 spiro atoms. The summed E-state index contributed by atoms with van der Waals surface area (Å²) in [5, 5.41) is 4.37. The van der Waals surface area contributed by atoms with Crippen molar-refractivity contribution in [2.24, 2.45) is 7.05 Å². The first-order chi connectivity index (χ1) is 8.69. The largest absolute Gasteiger partial charge is 0.496 e. The highest BCUT2D eigenvalue weighted by Crippen LogP contribution is 2.40. The summed E-state index contributed by atoms with van der Waals surface area (Å²) >= 11 is 0. The first-order valence-corrected chi connectivity index (χ1v) is 5.49. The van der Waals surface area contributed by atoms with Gasteiger partial charge in [0.1, 0.15) is 17.2 Å². The van der Waals surface area contributed by atoms with Gasteiger partial charge in [0, 0.05) is 25.4 Å². The van der Waals surface area contributed by atoms with Crippen molar-refractivity contribution >= 4 is 0 Å². The van der Waals surface area contributed by atoms with E-state index in [1.807, 2.05) is 31.4 Å². The first kappa shape index (κ1) is 12.3. The third-order valence-electron chi connectivity index (χ3n) is 2.68. The van der Waals surface area contributed by atoms with Crippen molar-refractivity contribution in [1.29, 1.82) is 0 Å². The lowest BCUT2D eigenvalue weighted by Gasteiger charge is -2.13. The summed E-state index contributed by atoms with van der Waals surface area (Å²) in [5.41, 5.74) is 1.62. The number of methoxy groups -OCH3 is 3. The maximum Gasteiger partial charge on any atom is 0.135 e. The highest BCUT2D eigenvalue weighted by atomic mass is 16.5. The molecule has 1 heterocycles. The minimum Gasteiger partial charge on any atom is -0.496 e. The van der Waals surface area contributed by atoms with Crippen molar-refractivity contribution in [1.82, 2.24) is 9.78 Å². The number of rotatable bonds is 4. The van der Waals surface area contributed by atoms with E-state index < -0.39 is 0 Å². The number of benzene rings is 1. The van der Waals surface area contributed by atoms with Gasteiger partial charge in [-0.05, 0) is 6.07 Å².